The molecule has 0 unspecified atom stereocenters. The van der Waals surface area contributed by atoms with E-state index in [-0.39, 0.29) is 5.91 Å². The second kappa shape index (κ2) is 6.35. The third kappa shape index (κ3) is 2.81. The Bertz CT molecular complexity index is 903. The first kappa shape index (κ1) is 15.9. The van der Waals surface area contributed by atoms with Gasteiger partial charge in [-0.05, 0) is 38.3 Å². The summed E-state index contributed by atoms with van der Waals surface area (Å²) in [6.07, 6.45) is 3.59. The molecule has 1 fully saturated rings. The number of rotatable bonds is 3. The minimum absolute atomic E-state index is 0.0222. The highest BCUT2D eigenvalue weighted by Crippen LogP contribution is 2.29. The number of aromatic nitrogens is 3. The van der Waals surface area contributed by atoms with Gasteiger partial charge < -0.3 is 13.9 Å². The van der Waals surface area contributed by atoms with E-state index in [1.807, 2.05) is 36.1 Å². The zero-order valence-corrected chi connectivity index (χ0v) is 14.6. The summed E-state index contributed by atoms with van der Waals surface area (Å²) in [5, 5.41) is 9.27. The number of para-hydroxylation sites is 1. The molecule has 4 rings (SSSR count). The lowest BCUT2D eigenvalue weighted by molar-refractivity contribution is 0.0680. The molecule has 0 bridgehead atoms. The number of carbonyl (C=O) groups is 1. The Balaban J connectivity index is 1.48. The molecule has 0 N–H and O–H groups in total. The topological polar surface area (TPSA) is 64.2 Å². The van der Waals surface area contributed by atoms with E-state index in [9.17, 15) is 4.79 Å². The Morgan fingerprint density at radius 1 is 1.32 bits per heavy atom. The molecular weight excluding hydrogens is 316 g/mol. The van der Waals surface area contributed by atoms with E-state index in [0.717, 1.165) is 54.8 Å². The fourth-order valence-corrected chi connectivity index (χ4v) is 3.63. The first-order valence-corrected chi connectivity index (χ1v) is 8.83. The fourth-order valence-electron chi connectivity index (χ4n) is 3.63. The van der Waals surface area contributed by atoms with Crippen molar-refractivity contribution in [1.82, 2.24) is 19.7 Å². The van der Waals surface area contributed by atoms with Gasteiger partial charge in [-0.2, -0.15) is 0 Å². The average Bonchev–Trinajstić information content (AvgIpc) is 3.28. The van der Waals surface area contributed by atoms with Gasteiger partial charge in [0.05, 0.1) is 0 Å². The Kier molecular flexibility index (Phi) is 4.03. The van der Waals surface area contributed by atoms with Crippen LogP contribution in [0, 0.1) is 6.92 Å². The lowest BCUT2D eigenvalue weighted by Crippen LogP contribution is -2.38. The quantitative estimate of drug-likeness (QED) is 0.734. The van der Waals surface area contributed by atoms with E-state index < -0.39 is 0 Å². The summed E-state index contributed by atoms with van der Waals surface area (Å²) in [7, 11) is 0. The van der Waals surface area contributed by atoms with Crippen LogP contribution in [0.25, 0.3) is 11.0 Å². The summed E-state index contributed by atoms with van der Waals surface area (Å²) in [6.45, 7) is 6.40. The Labute approximate surface area is 146 Å². The van der Waals surface area contributed by atoms with Gasteiger partial charge in [-0.25, -0.2) is 0 Å². The van der Waals surface area contributed by atoms with Crippen LogP contribution in [0.5, 0.6) is 0 Å². The molecule has 3 aromatic rings. The molecule has 6 heteroatoms. The zero-order chi connectivity index (χ0) is 17.4. The van der Waals surface area contributed by atoms with E-state index in [1.54, 1.807) is 6.33 Å². The SMILES string of the molecule is CCn1cnnc1C1CCN(C(=O)c2cc3cccc(C)c3o2)CC1. The van der Waals surface area contributed by atoms with Gasteiger partial charge in [-0.15, -0.1) is 10.2 Å². The molecule has 1 aliphatic heterocycles. The molecule has 0 atom stereocenters. The van der Waals surface area contributed by atoms with Gasteiger partial charge in [-0.1, -0.05) is 18.2 Å². The molecule has 6 nitrogen and oxygen atoms in total. The van der Waals surface area contributed by atoms with E-state index >= 15 is 0 Å². The van der Waals surface area contributed by atoms with E-state index in [0.29, 0.717) is 11.7 Å². The van der Waals surface area contributed by atoms with Crippen molar-refractivity contribution in [3.05, 3.63) is 47.7 Å². The third-order valence-corrected chi connectivity index (χ3v) is 5.09. The van der Waals surface area contributed by atoms with Gasteiger partial charge in [0.2, 0.25) is 0 Å². The van der Waals surface area contributed by atoms with Crippen molar-refractivity contribution < 1.29 is 9.21 Å². The van der Waals surface area contributed by atoms with Crippen LogP contribution >= 0.6 is 0 Å². The number of carbonyl (C=O) groups excluding carboxylic acids is 1. The number of fused-ring (bicyclic) bond motifs is 1. The number of piperidine rings is 1. The molecule has 25 heavy (non-hydrogen) atoms. The Morgan fingerprint density at radius 3 is 2.84 bits per heavy atom. The van der Waals surface area contributed by atoms with Crippen molar-refractivity contribution in [3.63, 3.8) is 0 Å². The van der Waals surface area contributed by atoms with Crippen LogP contribution in [0.4, 0.5) is 0 Å². The van der Waals surface area contributed by atoms with Crippen molar-refractivity contribution in [2.45, 2.75) is 39.2 Å². The van der Waals surface area contributed by atoms with Gasteiger partial charge in [0.25, 0.3) is 5.91 Å². The van der Waals surface area contributed by atoms with Crippen molar-refractivity contribution in [2.75, 3.05) is 13.1 Å². The number of amides is 1. The second-order valence-electron chi connectivity index (χ2n) is 6.65. The van der Waals surface area contributed by atoms with Gasteiger partial charge in [-0.3, -0.25) is 4.79 Å². The number of hydrogen-bond donors (Lipinski definition) is 0. The van der Waals surface area contributed by atoms with Crippen LogP contribution in [0.3, 0.4) is 0 Å². The summed E-state index contributed by atoms with van der Waals surface area (Å²) in [4.78, 5) is 14.7. The number of benzene rings is 1. The molecule has 2 aromatic heterocycles. The fraction of sp³-hybridized carbons (Fsp3) is 0.421. The summed E-state index contributed by atoms with van der Waals surface area (Å²) in [5.74, 6) is 1.81. The third-order valence-electron chi connectivity index (χ3n) is 5.09. The monoisotopic (exact) mass is 338 g/mol. The van der Waals surface area contributed by atoms with Gasteiger partial charge in [0.1, 0.15) is 17.7 Å². The van der Waals surface area contributed by atoms with E-state index in [2.05, 4.69) is 21.7 Å². The minimum atomic E-state index is -0.0222. The highest BCUT2D eigenvalue weighted by Gasteiger charge is 2.28. The molecule has 0 aliphatic carbocycles. The first-order valence-electron chi connectivity index (χ1n) is 8.83. The largest absolute Gasteiger partial charge is 0.451 e. The molecule has 1 aromatic carbocycles. The normalized spacial score (nSPS) is 15.8. The van der Waals surface area contributed by atoms with Crippen LogP contribution < -0.4 is 0 Å². The average molecular weight is 338 g/mol. The molecule has 1 aliphatic rings. The summed E-state index contributed by atoms with van der Waals surface area (Å²) < 4.78 is 7.92. The van der Waals surface area contributed by atoms with E-state index in [4.69, 9.17) is 4.42 Å². The number of nitrogens with zero attached hydrogens (tertiary/aromatic N) is 4. The molecule has 130 valence electrons. The number of likely N-dealkylation sites (tertiary alicyclic amines) is 1. The molecular formula is C19H22N4O2. The maximum atomic E-state index is 12.8. The molecule has 0 spiro atoms. The predicted octanol–water partition coefficient (Wildman–Crippen LogP) is 3.37. The zero-order valence-electron chi connectivity index (χ0n) is 14.6. The summed E-state index contributed by atoms with van der Waals surface area (Å²) in [6, 6.07) is 7.81. The number of hydrogen-bond acceptors (Lipinski definition) is 4. The highest BCUT2D eigenvalue weighted by atomic mass is 16.3. The molecule has 0 saturated carbocycles. The van der Waals surface area contributed by atoms with Gasteiger partial charge in [0, 0.05) is 30.9 Å². The lowest BCUT2D eigenvalue weighted by Gasteiger charge is -2.31. The van der Waals surface area contributed by atoms with Crippen LogP contribution in [-0.4, -0.2) is 38.7 Å². The maximum absolute atomic E-state index is 12.8. The second-order valence-corrected chi connectivity index (χ2v) is 6.65. The Morgan fingerprint density at radius 2 is 2.12 bits per heavy atom. The van der Waals surface area contributed by atoms with Crippen molar-refractivity contribution in [2.24, 2.45) is 0 Å². The first-order chi connectivity index (χ1) is 12.2. The van der Waals surface area contributed by atoms with Crippen LogP contribution in [0.1, 0.15) is 47.6 Å². The van der Waals surface area contributed by atoms with E-state index in [1.165, 1.54) is 0 Å². The predicted molar refractivity (Wildman–Crippen MR) is 94.5 cm³/mol. The molecule has 0 radical (unpaired) electrons. The van der Waals surface area contributed by atoms with Gasteiger partial charge in [0.15, 0.2) is 5.76 Å². The molecule has 1 saturated heterocycles. The maximum Gasteiger partial charge on any atom is 0.289 e. The van der Waals surface area contributed by atoms with Crippen LogP contribution in [0.2, 0.25) is 0 Å². The highest BCUT2D eigenvalue weighted by molar-refractivity contribution is 5.96. The van der Waals surface area contributed by atoms with Crippen LogP contribution in [-0.2, 0) is 6.54 Å². The van der Waals surface area contributed by atoms with Crippen molar-refractivity contribution in [1.29, 1.82) is 0 Å². The van der Waals surface area contributed by atoms with Crippen molar-refractivity contribution >= 4 is 16.9 Å². The standard InChI is InChI=1S/C19H22N4O2/c1-3-22-12-20-21-18(22)14-7-9-23(10-8-14)19(24)16-11-15-6-4-5-13(2)17(15)25-16/h4-6,11-12,14H,3,7-10H2,1-2H3. The smallest absolute Gasteiger partial charge is 0.289 e. The lowest BCUT2D eigenvalue weighted by atomic mass is 9.95. The Hall–Kier alpha value is -2.63. The number of furan rings is 1. The molecule has 3 heterocycles. The van der Waals surface area contributed by atoms with Crippen molar-refractivity contribution in [3.8, 4) is 0 Å². The minimum Gasteiger partial charge on any atom is -0.451 e. The molecule has 1 amide bonds. The summed E-state index contributed by atoms with van der Waals surface area (Å²) in [5.41, 5.74) is 1.85. The number of aryl methyl sites for hydroxylation is 2. The van der Waals surface area contributed by atoms with Crippen LogP contribution in [0.15, 0.2) is 35.0 Å². The van der Waals surface area contributed by atoms with Gasteiger partial charge >= 0.3 is 0 Å². The summed E-state index contributed by atoms with van der Waals surface area (Å²) >= 11 is 0.